The molecule has 230 valence electrons. The second-order valence-electron chi connectivity index (χ2n) is 10.6. The number of hydrogen-bond donors (Lipinski definition) is 4. The number of nitrogens with zero attached hydrogens (tertiary/aromatic N) is 3. The number of aromatic amines is 1. The van der Waals surface area contributed by atoms with Crippen LogP contribution in [0.4, 0.5) is 27.2 Å². The van der Waals surface area contributed by atoms with Crippen LogP contribution < -0.4 is 10.6 Å². The Kier molecular flexibility index (Phi) is 9.53. The average molecular weight is 600 g/mol. The summed E-state index contributed by atoms with van der Waals surface area (Å²) in [6, 6.07) is -4.63. The number of nitrogens with one attached hydrogen (secondary N) is 4. The smallest absolute Gasteiger partial charge is 0.410 e. The molecule has 3 atom stereocenters. The van der Waals surface area contributed by atoms with E-state index in [4.69, 9.17) is 19.3 Å². The zero-order chi connectivity index (χ0) is 30.5. The van der Waals surface area contributed by atoms with Crippen LogP contribution in [0, 0.1) is 11.3 Å². The van der Waals surface area contributed by atoms with Gasteiger partial charge >= 0.3 is 18.3 Å². The van der Waals surface area contributed by atoms with Crippen LogP contribution in [0.5, 0.6) is 0 Å². The highest BCUT2D eigenvalue weighted by molar-refractivity contribution is 5.87. The number of alkyl carbamates (subject to hydrolysis) is 1. The van der Waals surface area contributed by atoms with Gasteiger partial charge in [-0.1, -0.05) is 0 Å². The Morgan fingerprint density at radius 2 is 2.10 bits per heavy atom. The molecule has 42 heavy (non-hydrogen) atoms. The number of carbonyl (C=O) groups excluding carboxylic acids is 2. The molecule has 16 heteroatoms. The highest BCUT2D eigenvalue weighted by Crippen LogP contribution is 2.40. The van der Waals surface area contributed by atoms with E-state index in [-0.39, 0.29) is 36.4 Å². The number of halogens is 4. The molecule has 3 amide bonds. The van der Waals surface area contributed by atoms with Crippen LogP contribution in [0.2, 0.25) is 0 Å². The number of alkyl halides is 4. The molecule has 1 aliphatic heterocycles. The van der Waals surface area contributed by atoms with Gasteiger partial charge in [0.25, 0.3) is 0 Å². The molecule has 0 bridgehead atoms. The quantitative estimate of drug-likeness (QED) is 0.222. The van der Waals surface area contributed by atoms with Gasteiger partial charge in [-0.2, -0.15) is 13.2 Å². The Bertz CT molecular complexity index is 1250. The van der Waals surface area contributed by atoms with Crippen LogP contribution in [0.3, 0.4) is 0 Å². The minimum absolute atomic E-state index is 0.156. The van der Waals surface area contributed by atoms with Crippen molar-refractivity contribution in [3.8, 4) is 0 Å². The number of hydrogen-bond acceptors (Lipinski definition) is 8. The number of urea groups is 1. The highest BCUT2D eigenvalue weighted by atomic mass is 19.4. The number of rotatable bonds is 11. The van der Waals surface area contributed by atoms with Crippen molar-refractivity contribution in [1.82, 2.24) is 30.5 Å². The average Bonchev–Trinajstić information content (AvgIpc) is 3.70. The SMILES string of the molecule is COC[C@H](/C(C=N)=C/c1ncc([C@@H](NC(=O)OCc2ncco2)C2CCC(C)(F)CC2)[nH]1)N1C[C@@H](C(F)(F)F)NC1=O. The van der Waals surface area contributed by atoms with Crippen molar-refractivity contribution in [3.05, 3.63) is 41.6 Å². The van der Waals surface area contributed by atoms with Crippen LogP contribution in [0.25, 0.3) is 6.08 Å². The van der Waals surface area contributed by atoms with E-state index in [0.29, 0.717) is 31.4 Å². The number of oxazole rings is 1. The summed E-state index contributed by atoms with van der Waals surface area (Å²) in [5.74, 6) is 0.277. The molecule has 4 N–H and O–H groups in total. The molecule has 0 radical (unpaired) electrons. The van der Waals surface area contributed by atoms with Crippen molar-refractivity contribution in [2.24, 2.45) is 5.92 Å². The topological polar surface area (TPSA) is 158 Å². The Hall–Kier alpha value is -3.95. The van der Waals surface area contributed by atoms with E-state index in [1.807, 2.05) is 5.32 Å². The maximum absolute atomic E-state index is 14.5. The monoisotopic (exact) mass is 599 g/mol. The van der Waals surface area contributed by atoms with Crippen molar-refractivity contribution in [2.75, 3.05) is 20.3 Å². The minimum atomic E-state index is -4.64. The molecule has 4 rings (SSSR count). The Morgan fingerprint density at radius 1 is 1.36 bits per heavy atom. The lowest BCUT2D eigenvalue weighted by molar-refractivity contribution is -0.150. The first kappa shape index (κ1) is 31.0. The van der Waals surface area contributed by atoms with E-state index < -0.39 is 48.6 Å². The standard InChI is InChI=1S/C26H33F4N7O5/c1-25(27)5-3-15(4-6-25)22(36-24(39)42-14-21-32-7-8-41-21)17-11-33-20(34-17)9-16(10-31)18(13-40-2)37-12-19(26(28,29)30)35-23(37)38/h7-11,15,18-19,22,31H,3-6,12-14H2,1-2H3,(H,33,34)(H,35,38)(H,36,39)/b16-9+,31-10?/t15?,18-,19+,22+,25?/m1/s1. The van der Waals surface area contributed by atoms with Gasteiger partial charge in [0.2, 0.25) is 5.89 Å². The molecule has 2 aromatic rings. The maximum atomic E-state index is 14.5. The summed E-state index contributed by atoms with van der Waals surface area (Å²) in [6.45, 7) is 0.528. The van der Waals surface area contributed by atoms with E-state index in [1.165, 1.54) is 31.8 Å². The van der Waals surface area contributed by atoms with E-state index in [9.17, 15) is 27.2 Å². The second kappa shape index (κ2) is 12.9. The molecule has 1 saturated carbocycles. The van der Waals surface area contributed by atoms with Gasteiger partial charge in [-0.15, -0.1) is 0 Å². The Labute approximate surface area is 238 Å². The molecule has 0 unspecified atom stereocenters. The van der Waals surface area contributed by atoms with Crippen molar-refractivity contribution >= 4 is 24.4 Å². The second-order valence-corrected chi connectivity index (χ2v) is 10.6. The molecule has 1 aliphatic carbocycles. The molecule has 2 aliphatic rings. The van der Waals surface area contributed by atoms with Crippen molar-refractivity contribution in [1.29, 1.82) is 5.41 Å². The zero-order valence-electron chi connectivity index (χ0n) is 23.0. The van der Waals surface area contributed by atoms with Gasteiger partial charge in [0.05, 0.1) is 43.3 Å². The number of methoxy groups -OCH3 is 1. The van der Waals surface area contributed by atoms with Gasteiger partial charge in [-0.05, 0) is 50.2 Å². The van der Waals surface area contributed by atoms with E-state index in [1.54, 1.807) is 6.92 Å². The van der Waals surface area contributed by atoms with Crippen molar-refractivity contribution < 1.29 is 41.0 Å². The summed E-state index contributed by atoms with van der Waals surface area (Å²) in [4.78, 5) is 37.3. The molecular formula is C26H33F4N7O5. The van der Waals surface area contributed by atoms with Crippen LogP contribution in [-0.2, 0) is 16.1 Å². The summed E-state index contributed by atoms with van der Waals surface area (Å²) >= 11 is 0. The fraction of sp³-hybridized carbons (Fsp3) is 0.577. The number of H-pyrrole nitrogens is 1. The number of imidazole rings is 1. The van der Waals surface area contributed by atoms with Crippen LogP contribution in [-0.4, -0.2) is 82.4 Å². The fourth-order valence-electron chi connectivity index (χ4n) is 5.16. The van der Waals surface area contributed by atoms with Gasteiger partial charge in [-0.25, -0.2) is 23.9 Å². The van der Waals surface area contributed by atoms with Crippen LogP contribution >= 0.6 is 0 Å². The third-order valence-electron chi connectivity index (χ3n) is 7.47. The third kappa shape index (κ3) is 7.66. The summed E-state index contributed by atoms with van der Waals surface area (Å²) in [5.41, 5.74) is -0.668. The molecule has 0 aromatic carbocycles. The first-order valence-electron chi connectivity index (χ1n) is 13.3. The number of aromatic nitrogens is 3. The van der Waals surface area contributed by atoms with Crippen LogP contribution in [0.1, 0.15) is 56.1 Å². The van der Waals surface area contributed by atoms with E-state index >= 15 is 0 Å². The summed E-state index contributed by atoms with van der Waals surface area (Å²) in [7, 11) is 1.33. The van der Waals surface area contributed by atoms with Crippen molar-refractivity contribution in [3.63, 3.8) is 0 Å². The molecule has 1 saturated heterocycles. The minimum Gasteiger partial charge on any atom is -0.446 e. The van der Waals surface area contributed by atoms with Gasteiger partial charge in [0.15, 0.2) is 6.61 Å². The van der Waals surface area contributed by atoms with Crippen LogP contribution in [0.15, 0.2) is 28.6 Å². The predicted molar refractivity (Wildman–Crippen MR) is 140 cm³/mol. The Morgan fingerprint density at radius 3 is 2.69 bits per heavy atom. The summed E-state index contributed by atoms with van der Waals surface area (Å²) in [5, 5.41) is 12.6. The molecule has 2 aromatic heterocycles. The number of carbonyl (C=O) groups is 2. The molecule has 12 nitrogen and oxygen atoms in total. The van der Waals surface area contributed by atoms with Gasteiger partial charge in [0, 0.05) is 13.3 Å². The molecule has 2 fully saturated rings. The fourth-order valence-corrected chi connectivity index (χ4v) is 5.16. The number of amides is 3. The van der Waals surface area contributed by atoms with Gasteiger partial charge in [-0.3, -0.25) is 0 Å². The molecule has 3 heterocycles. The predicted octanol–water partition coefficient (Wildman–Crippen LogP) is 4.29. The number of ether oxygens (including phenoxy) is 2. The summed E-state index contributed by atoms with van der Waals surface area (Å²) < 4.78 is 69.8. The van der Waals surface area contributed by atoms with Gasteiger partial charge in [0.1, 0.15) is 23.8 Å². The van der Waals surface area contributed by atoms with Gasteiger partial charge < -0.3 is 39.8 Å². The van der Waals surface area contributed by atoms with E-state index in [0.717, 1.165) is 11.1 Å². The normalized spacial score (nSPS) is 24.7. The lowest BCUT2D eigenvalue weighted by Gasteiger charge is -2.35. The molecular weight excluding hydrogens is 566 g/mol. The zero-order valence-corrected chi connectivity index (χ0v) is 23.0. The third-order valence-corrected chi connectivity index (χ3v) is 7.47. The Balaban J connectivity index is 1.55. The van der Waals surface area contributed by atoms with Crippen molar-refractivity contribution in [2.45, 2.75) is 69.2 Å². The highest BCUT2D eigenvalue weighted by Gasteiger charge is 2.48. The maximum Gasteiger partial charge on any atom is 0.410 e. The molecule has 0 spiro atoms. The summed E-state index contributed by atoms with van der Waals surface area (Å²) in [6.07, 6.45) is 2.75. The van der Waals surface area contributed by atoms with E-state index in [2.05, 4.69) is 20.3 Å². The lowest BCUT2D eigenvalue weighted by Crippen LogP contribution is -2.42. The first-order chi connectivity index (χ1) is 19.9. The largest absolute Gasteiger partial charge is 0.446 e. The first-order valence-corrected chi connectivity index (χ1v) is 13.3. The lowest BCUT2D eigenvalue weighted by atomic mass is 9.77.